The molecule has 5 heteroatoms. The lowest BCUT2D eigenvalue weighted by Crippen LogP contribution is -2.46. The van der Waals surface area contributed by atoms with Gasteiger partial charge < -0.3 is 15.0 Å². The van der Waals surface area contributed by atoms with Gasteiger partial charge in [-0.3, -0.25) is 9.59 Å². The van der Waals surface area contributed by atoms with Crippen LogP contribution < -0.4 is 15.0 Å². The van der Waals surface area contributed by atoms with E-state index in [0.717, 1.165) is 5.69 Å². The number of benzene rings is 2. The molecule has 3 rings (SSSR count). The fourth-order valence-electron chi connectivity index (χ4n) is 2.69. The summed E-state index contributed by atoms with van der Waals surface area (Å²) in [4.78, 5) is 26.8. The molecule has 5 nitrogen and oxygen atoms in total. The largest absolute Gasteiger partial charge is 0.494 e. The van der Waals surface area contributed by atoms with Gasteiger partial charge >= 0.3 is 0 Å². The van der Waals surface area contributed by atoms with Gasteiger partial charge in [0.1, 0.15) is 11.4 Å². The zero-order valence-electron chi connectivity index (χ0n) is 14.1. The maximum Gasteiger partial charge on any atom is 0.274 e. The third-order valence-electron chi connectivity index (χ3n) is 3.92. The van der Waals surface area contributed by atoms with Crippen LogP contribution in [0, 0.1) is 0 Å². The van der Waals surface area contributed by atoms with Crippen LogP contribution in [0.15, 0.2) is 66.4 Å². The highest BCUT2D eigenvalue weighted by Crippen LogP contribution is 2.18. The summed E-state index contributed by atoms with van der Waals surface area (Å²) in [5, 5.41) is 3.03. The summed E-state index contributed by atoms with van der Waals surface area (Å²) in [6.07, 6.45) is 1.37. The van der Waals surface area contributed by atoms with Crippen LogP contribution in [0.3, 0.4) is 0 Å². The number of carbonyl (C=O) groups excluding carboxylic acids is 2. The Morgan fingerprint density at radius 2 is 1.88 bits per heavy atom. The van der Waals surface area contributed by atoms with Crippen molar-refractivity contribution < 1.29 is 14.3 Å². The Morgan fingerprint density at radius 1 is 1.16 bits per heavy atom. The van der Waals surface area contributed by atoms with Gasteiger partial charge in [0.15, 0.2) is 5.78 Å². The molecule has 25 heavy (non-hydrogen) atoms. The van der Waals surface area contributed by atoms with Gasteiger partial charge in [-0.1, -0.05) is 18.2 Å². The van der Waals surface area contributed by atoms with Crippen LogP contribution in [0.2, 0.25) is 0 Å². The summed E-state index contributed by atoms with van der Waals surface area (Å²) in [5.41, 5.74) is 1.66. The fraction of sp³-hybridized carbons (Fsp3) is 0.200. The van der Waals surface area contributed by atoms with Gasteiger partial charge in [0.05, 0.1) is 6.61 Å². The standard InChI is InChI=1S/C20H20N2O3/c1-2-25-17-10-8-15(9-11-17)19(23)14-18-20(24)22(13-12-21-18)16-6-4-3-5-7-16/h3-11,14,21H,2,12-13H2,1H3/b18-14-. The minimum atomic E-state index is -0.214. The number of anilines is 1. The first-order chi connectivity index (χ1) is 12.2. The lowest BCUT2D eigenvalue weighted by molar-refractivity contribution is -0.116. The zero-order chi connectivity index (χ0) is 17.6. The molecule has 0 bridgehead atoms. The van der Waals surface area contributed by atoms with Crippen molar-refractivity contribution in [2.45, 2.75) is 6.92 Å². The quantitative estimate of drug-likeness (QED) is 0.674. The predicted molar refractivity (Wildman–Crippen MR) is 96.8 cm³/mol. The highest BCUT2D eigenvalue weighted by atomic mass is 16.5. The molecule has 0 unspecified atom stereocenters. The molecule has 1 aliphatic rings. The highest BCUT2D eigenvalue weighted by Gasteiger charge is 2.24. The smallest absolute Gasteiger partial charge is 0.274 e. The van der Waals surface area contributed by atoms with Crippen LogP contribution in [0.25, 0.3) is 0 Å². The molecular weight excluding hydrogens is 316 g/mol. The molecule has 1 heterocycles. The van der Waals surface area contributed by atoms with Crippen LogP contribution in [0.1, 0.15) is 17.3 Å². The molecule has 1 saturated heterocycles. The lowest BCUT2D eigenvalue weighted by atomic mass is 10.1. The molecular formula is C20H20N2O3. The summed E-state index contributed by atoms with van der Waals surface area (Å²) in [6.45, 7) is 3.65. The van der Waals surface area contributed by atoms with E-state index in [1.807, 2.05) is 37.3 Å². The normalized spacial score (nSPS) is 15.8. The number of nitrogens with zero attached hydrogens (tertiary/aromatic N) is 1. The number of allylic oxidation sites excluding steroid dienone is 1. The molecule has 0 aliphatic carbocycles. The van der Waals surface area contributed by atoms with Gasteiger partial charge in [-0.05, 0) is 43.3 Å². The van der Waals surface area contributed by atoms with Crippen molar-refractivity contribution in [1.82, 2.24) is 5.32 Å². The number of amides is 1. The minimum Gasteiger partial charge on any atom is -0.494 e. The Morgan fingerprint density at radius 3 is 2.56 bits per heavy atom. The molecule has 0 aromatic heterocycles. The van der Waals surface area contributed by atoms with Crippen LogP contribution in [-0.4, -0.2) is 31.4 Å². The van der Waals surface area contributed by atoms with E-state index < -0.39 is 0 Å². The van der Waals surface area contributed by atoms with Crippen molar-refractivity contribution in [3.8, 4) is 5.75 Å². The molecule has 1 amide bonds. The third kappa shape index (κ3) is 3.88. The topological polar surface area (TPSA) is 58.6 Å². The minimum absolute atomic E-state index is 0.197. The van der Waals surface area contributed by atoms with E-state index in [1.54, 1.807) is 29.2 Å². The average Bonchev–Trinajstić information content (AvgIpc) is 2.65. The summed E-state index contributed by atoms with van der Waals surface area (Å²) in [7, 11) is 0. The van der Waals surface area contributed by atoms with Crippen LogP contribution in [0.4, 0.5) is 5.69 Å². The number of piperazine rings is 1. The number of ether oxygens (including phenoxy) is 1. The highest BCUT2D eigenvalue weighted by molar-refractivity contribution is 6.13. The van der Waals surface area contributed by atoms with E-state index in [4.69, 9.17) is 4.74 Å². The molecule has 0 radical (unpaired) electrons. The Labute approximate surface area is 146 Å². The Hall–Kier alpha value is -3.08. The van der Waals surface area contributed by atoms with E-state index in [1.165, 1.54) is 6.08 Å². The van der Waals surface area contributed by atoms with E-state index in [-0.39, 0.29) is 11.7 Å². The van der Waals surface area contributed by atoms with E-state index in [0.29, 0.717) is 36.7 Å². The van der Waals surface area contributed by atoms with Gasteiger partial charge in [-0.15, -0.1) is 0 Å². The second-order valence-corrected chi connectivity index (χ2v) is 5.60. The number of hydrogen-bond donors (Lipinski definition) is 1. The van der Waals surface area contributed by atoms with Crippen molar-refractivity contribution in [2.75, 3.05) is 24.6 Å². The van der Waals surface area contributed by atoms with Crippen LogP contribution in [0.5, 0.6) is 5.75 Å². The first-order valence-corrected chi connectivity index (χ1v) is 8.28. The summed E-state index contributed by atoms with van der Waals surface area (Å²) in [6, 6.07) is 16.4. The van der Waals surface area contributed by atoms with Crippen molar-refractivity contribution in [3.05, 3.63) is 71.9 Å². The Balaban J connectivity index is 1.77. The SMILES string of the molecule is CCOc1ccc(C(=O)/C=C2\NCCN(c3ccccc3)C2=O)cc1. The van der Waals surface area contributed by atoms with Crippen molar-refractivity contribution in [2.24, 2.45) is 0 Å². The van der Waals surface area contributed by atoms with Gasteiger partial charge in [-0.2, -0.15) is 0 Å². The maximum absolute atomic E-state index is 12.7. The Kier molecular flexibility index (Phi) is 5.14. The van der Waals surface area contributed by atoms with E-state index >= 15 is 0 Å². The number of para-hydroxylation sites is 1. The summed E-state index contributed by atoms with van der Waals surface area (Å²) < 4.78 is 5.37. The van der Waals surface area contributed by atoms with Gasteiger partial charge in [0, 0.05) is 30.4 Å². The third-order valence-corrected chi connectivity index (χ3v) is 3.92. The number of hydrogen-bond acceptors (Lipinski definition) is 4. The van der Waals surface area contributed by atoms with Gasteiger partial charge in [0.2, 0.25) is 0 Å². The molecule has 1 N–H and O–H groups in total. The second kappa shape index (κ2) is 7.66. The van der Waals surface area contributed by atoms with E-state index in [2.05, 4.69) is 5.32 Å². The van der Waals surface area contributed by atoms with Crippen molar-refractivity contribution in [1.29, 1.82) is 0 Å². The van der Waals surface area contributed by atoms with E-state index in [9.17, 15) is 9.59 Å². The summed E-state index contributed by atoms with van der Waals surface area (Å²) >= 11 is 0. The molecule has 2 aromatic rings. The molecule has 0 saturated carbocycles. The monoisotopic (exact) mass is 336 g/mol. The number of nitrogens with one attached hydrogen (secondary N) is 1. The lowest BCUT2D eigenvalue weighted by Gasteiger charge is -2.29. The maximum atomic E-state index is 12.7. The zero-order valence-corrected chi connectivity index (χ0v) is 14.1. The van der Waals surface area contributed by atoms with Crippen molar-refractivity contribution >= 4 is 17.4 Å². The van der Waals surface area contributed by atoms with Gasteiger partial charge in [0.25, 0.3) is 5.91 Å². The first kappa shape index (κ1) is 16.8. The summed E-state index contributed by atoms with van der Waals surface area (Å²) in [5.74, 6) is 0.305. The number of carbonyl (C=O) groups is 2. The fourth-order valence-corrected chi connectivity index (χ4v) is 2.69. The molecule has 1 aliphatic heterocycles. The average molecular weight is 336 g/mol. The molecule has 2 aromatic carbocycles. The second-order valence-electron chi connectivity index (χ2n) is 5.60. The first-order valence-electron chi connectivity index (χ1n) is 8.28. The molecule has 0 atom stereocenters. The molecule has 1 fully saturated rings. The molecule has 128 valence electrons. The number of ketones is 1. The van der Waals surface area contributed by atoms with Crippen molar-refractivity contribution in [3.63, 3.8) is 0 Å². The Bertz CT molecular complexity index is 782. The van der Waals surface area contributed by atoms with Crippen LogP contribution >= 0.6 is 0 Å². The predicted octanol–water partition coefficient (Wildman–Crippen LogP) is 2.79. The number of rotatable bonds is 5. The van der Waals surface area contributed by atoms with Gasteiger partial charge in [-0.25, -0.2) is 0 Å². The molecule has 0 spiro atoms. The van der Waals surface area contributed by atoms with Crippen LogP contribution in [-0.2, 0) is 4.79 Å².